The van der Waals surface area contributed by atoms with Gasteiger partial charge in [0.1, 0.15) is 0 Å². The van der Waals surface area contributed by atoms with E-state index in [1.165, 1.54) is 0 Å². The molecule has 2 fully saturated rings. The van der Waals surface area contributed by atoms with Crippen LogP contribution in [0.5, 0.6) is 0 Å². The quantitative estimate of drug-likeness (QED) is 0.169. The van der Waals surface area contributed by atoms with Crippen molar-refractivity contribution in [2.24, 2.45) is 22.0 Å². The minimum atomic E-state index is -0.223. The number of hydrazone groups is 2. The molecule has 2 aliphatic rings. The van der Waals surface area contributed by atoms with E-state index in [1.54, 1.807) is 13.8 Å². The Balaban J connectivity index is 1.10. The zero-order valence-corrected chi connectivity index (χ0v) is 23.0. The highest BCUT2D eigenvalue weighted by Gasteiger charge is 2.30. The molecular formula is C30H36N6O4. The smallest absolute Gasteiger partial charge is 0.240 e. The maximum absolute atomic E-state index is 12.1. The molecule has 0 aliphatic heterocycles. The summed E-state index contributed by atoms with van der Waals surface area (Å²) in [5, 5.41) is 14.1. The van der Waals surface area contributed by atoms with Gasteiger partial charge in [-0.2, -0.15) is 10.2 Å². The first-order valence-corrected chi connectivity index (χ1v) is 13.8. The first-order valence-electron chi connectivity index (χ1n) is 13.8. The van der Waals surface area contributed by atoms with E-state index in [9.17, 15) is 19.2 Å². The molecule has 0 radical (unpaired) electrons. The molecule has 0 atom stereocenters. The number of carbonyl (C=O) groups is 4. The minimum Gasteiger partial charge on any atom is -0.326 e. The predicted octanol–water partition coefficient (Wildman–Crippen LogP) is 4.32. The Morgan fingerprint density at radius 3 is 1.30 bits per heavy atom. The molecule has 2 aromatic rings. The Kier molecular flexibility index (Phi) is 9.77. The maximum Gasteiger partial charge on any atom is 0.240 e. The molecule has 0 aromatic heterocycles. The molecule has 10 nitrogen and oxygen atoms in total. The van der Waals surface area contributed by atoms with Crippen LogP contribution in [0.15, 0.2) is 58.7 Å². The molecule has 4 N–H and O–H groups in total. The molecule has 40 heavy (non-hydrogen) atoms. The van der Waals surface area contributed by atoms with Gasteiger partial charge in [-0.25, -0.2) is 10.9 Å². The van der Waals surface area contributed by atoms with E-state index in [0.717, 1.165) is 48.2 Å². The number of nitrogens with zero attached hydrogens (tertiary/aromatic N) is 2. The van der Waals surface area contributed by atoms with Gasteiger partial charge in [0, 0.05) is 36.1 Å². The van der Waals surface area contributed by atoms with Gasteiger partial charge in [0.05, 0.1) is 11.4 Å². The lowest BCUT2D eigenvalue weighted by atomic mass is 10.1. The van der Waals surface area contributed by atoms with E-state index in [0.29, 0.717) is 24.3 Å². The van der Waals surface area contributed by atoms with Crippen LogP contribution in [-0.2, 0) is 19.2 Å². The maximum atomic E-state index is 12.1. The molecule has 4 rings (SSSR count). The molecule has 210 valence electrons. The topological polar surface area (TPSA) is 141 Å². The second-order valence-corrected chi connectivity index (χ2v) is 10.4. The summed E-state index contributed by atoms with van der Waals surface area (Å²) in [7, 11) is 0. The van der Waals surface area contributed by atoms with Crippen molar-refractivity contribution < 1.29 is 19.2 Å². The van der Waals surface area contributed by atoms with Crippen molar-refractivity contribution in [1.29, 1.82) is 0 Å². The van der Waals surface area contributed by atoms with Crippen molar-refractivity contribution >= 4 is 46.4 Å². The summed E-state index contributed by atoms with van der Waals surface area (Å²) < 4.78 is 0. The SMILES string of the molecule is CC(=NNC(=O)CCCCC(=O)NN=C(C)c1ccc(NC(=O)C2CC2)cc1)c1ccc(NC(=O)C2CC2)cc1. The van der Waals surface area contributed by atoms with Crippen LogP contribution in [-0.4, -0.2) is 35.1 Å². The molecule has 10 heteroatoms. The van der Waals surface area contributed by atoms with Gasteiger partial charge in [-0.15, -0.1) is 0 Å². The summed E-state index contributed by atoms with van der Waals surface area (Å²) in [6.45, 7) is 3.60. The van der Waals surface area contributed by atoms with E-state index in [2.05, 4.69) is 31.7 Å². The van der Waals surface area contributed by atoms with E-state index >= 15 is 0 Å². The van der Waals surface area contributed by atoms with Crippen molar-refractivity contribution in [2.75, 3.05) is 10.6 Å². The summed E-state index contributed by atoms with van der Waals surface area (Å²) in [6.07, 6.45) is 5.41. The van der Waals surface area contributed by atoms with Crippen LogP contribution < -0.4 is 21.5 Å². The third-order valence-electron chi connectivity index (χ3n) is 6.79. The molecule has 4 amide bonds. The van der Waals surface area contributed by atoms with Gasteiger partial charge in [0.25, 0.3) is 0 Å². The van der Waals surface area contributed by atoms with Gasteiger partial charge >= 0.3 is 0 Å². The number of hydrogen-bond donors (Lipinski definition) is 4. The first kappa shape index (κ1) is 28.7. The zero-order valence-electron chi connectivity index (χ0n) is 23.0. The second kappa shape index (κ2) is 13.6. The average molecular weight is 545 g/mol. The van der Waals surface area contributed by atoms with Crippen molar-refractivity contribution in [3.05, 3.63) is 59.7 Å². The number of amides is 4. The number of benzene rings is 2. The van der Waals surface area contributed by atoms with Crippen LogP contribution in [0.1, 0.15) is 76.3 Å². The van der Waals surface area contributed by atoms with Crippen LogP contribution in [0.4, 0.5) is 11.4 Å². The number of anilines is 2. The highest BCUT2D eigenvalue weighted by molar-refractivity contribution is 6.01. The third kappa shape index (κ3) is 9.14. The summed E-state index contributed by atoms with van der Waals surface area (Å²) in [5.41, 5.74) is 9.58. The van der Waals surface area contributed by atoms with Crippen LogP contribution in [0, 0.1) is 11.8 Å². The molecule has 2 aliphatic carbocycles. The Bertz CT molecular complexity index is 1190. The van der Waals surface area contributed by atoms with Gasteiger partial charge in [-0.3, -0.25) is 19.2 Å². The lowest BCUT2D eigenvalue weighted by molar-refractivity contribution is -0.123. The van der Waals surface area contributed by atoms with Gasteiger partial charge in [0.2, 0.25) is 23.6 Å². The molecule has 0 unspecified atom stereocenters. The average Bonchev–Trinajstić information content (AvgIpc) is 3.86. The molecule has 0 bridgehead atoms. The Morgan fingerprint density at radius 1 is 0.625 bits per heavy atom. The van der Waals surface area contributed by atoms with Crippen LogP contribution >= 0.6 is 0 Å². The molecule has 0 heterocycles. The van der Waals surface area contributed by atoms with Gasteiger partial charge in [-0.1, -0.05) is 24.3 Å². The normalized spacial score (nSPS) is 15.2. The first-order chi connectivity index (χ1) is 19.3. The molecular weight excluding hydrogens is 508 g/mol. The largest absolute Gasteiger partial charge is 0.326 e. The fourth-order valence-corrected chi connectivity index (χ4v) is 3.87. The highest BCUT2D eigenvalue weighted by atomic mass is 16.2. The van der Waals surface area contributed by atoms with Crippen LogP contribution in [0.3, 0.4) is 0 Å². The monoisotopic (exact) mass is 544 g/mol. The summed E-state index contributed by atoms with van der Waals surface area (Å²) >= 11 is 0. The lowest BCUT2D eigenvalue weighted by Gasteiger charge is -2.07. The van der Waals surface area contributed by atoms with E-state index < -0.39 is 0 Å². The number of carbonyl (C=O) groups excluding carboxylic acids is 4. The summed E-state index contributed by atoms with van der Waals surface area (Å²) in [5.74, 6) is -0.0355. The van der Waals surface area contributed by atoms with Crippen molar-refractivity contribution in [2.45, 2.75) is 65.2 Å². The van der Waals surface area contributed by atoms with Gasteiger partial charge in [-0.05, 0) is 87.8 Å². The summed E-state index contributed by atoms with van der Waals surface area (Å²) in [4.78, 5) is 48.0. The van der Waals surface area contributed by atoms with Crippen molar-refractivity contribution in [3.8, 4) is 0 Å². The number of rotatable bonds is 13. The second-order valence-electron chi connectivity index (χ2n) is 10.4. The van der Waals surface area contributed by atoms with E-state index in [4.69, 9.17) is 0 Å². The van der Waals surface area contributed by atoms with Crippen molar-refractivity contribution in [1.82, 2.24) is 10.9 Å². The fraction of sp³-hybridized carbons (Fsp3) is 0.400. The molecule has 0 saturated heterocycles. The summed E-state index contributed by atoms with van der Waals surface area (Å²) in [6, 6.07) is 14.7. The number of nitrogens with one attached hydrogen (secondary N) is 4. The van der Waals surface area contributed by atoms with Crippen molar-refractivity contribution in [3.63, 3.8) is 0 Å². The lowest BCUT2D eigenvalue weighted by Crippen LogP contribution is -2.20. The molecule has 2 aromatic carbocycles. The van der Waals surface area contributed by atoms with E-state index in [1.807, 2.05) is 48.5 Å². The standard InChI is InChI=1S/C30H36N6O4/c1-19(21-11-15-25(16-12-21)31-29(39)23-7-8-23)33-35-27(37)5-3-4-6-28(38)36-34-20(2)22-13-17-26(18-14-22)32-30(40)24-9-10-24/h11-18,23-24H,3-10H2,1-2H3,(H,31,39)(H,32,40)(H,35,37)(H,36,38). The Labute approximate surface area is 234 Å². The van der Waals surface area contributed by atoms with Gasteiger partial charge < -0.3 is 10.6 Å². The molecule has 0 spiro atoms. The fourth-order valence-electron chi connectivity index (χ4n) is 3.87. The third-order valence-corrected chi connectivity index (χ3v) is 6.79. The Morgan fingerprint density at radius 2 is 0.975 bits per heavy atom. The van der Waals surface area contributed by atoms with Gasteiger partial charge in [0.15, 0.2) is 0 Å². The predicted molar refractivity (Wildman–Crippen MR) is 155 cm³/mol. The van der Waals surface area contributed by atoms with Crippen LogP contribution in [0.2, 0.25) is 0 Å². The number of hydrogen-bond acceptors (Lipinski definition) is 6. The van der Waals surface area contributed by atoms with Crippen LogP contribution in [0.25, 0.3) is 0 Å². The zero-order chi connectivity index (χ0) is 28.5. The van der Waals surface area contributed by atoms with E-state index in [-0.39, 0.29) is 48.3 Å². The highest BCUT2D eigenvalue weighted by Crippen LogP contribution is 2.31. The molecule has 2 saturated carbocycles. The Hall–Kier alpha value is -4.34. The number of unbranched alkanes of at least 4 members (excludes halogenated alkanes) is 1. The minimum absolute atomic E-state index is 0.0591.